The molecule has 206 valence electrons. The summed E-state index contributed by atoms with van der Waals surface area (Å²) in [5.74, 6) is -6.34. The van der Waals surface area contributed by atoms with Gasteiger partial charge in [0.2, 0.25) is 5.78 Å². The number of Topliss-reactive ketones (excluding diaryl/α,β-unsaturated/α-hetero) is 2. The molecule has 38 heavy (non-hydrogen) atoms. The van der Waals surface area contributed by atoms with Gasteiger partial charge in [0.05, 0.1) is 11.6 Å². The third kappa shape index (κ3) is 4.20. The molecule has 1 amide bonds. The van der Waals surface area contributed by atoms with Gasteiger partial charge in [0.25, 0.3) is 5.91 Å². The maximum absolute atomic E-state index is 13.8. The molecule has 3 aliphatic carbocycles. The summed E-state index contributed by atoms with van der Waals surface area (Å²) >= 11 is 6.74. The van der Waals surface area contributed by atoms with E-state index in [-0.39, 0.29) is 29.7 Å². The van der Waals surface area contributed by atoms with E-state index < -0.39 is 58.0 Å². The van der Waals surface area contributed by atoms with Gasteiger partial charge in [0.1, 0.15) is 22.8 Å². The summed E-state index contributed by atoms with van der Waals surface area (Å²) in [7, 11) is 3.11. The summed E-state index contributed by atoms with van der Waals surface area (Å²) in [4.78, 5) is 40.5. The van der Waals surface area contributed by atoms with E-state index in [2.05, 4.69) is 19.2 Å². The molecule has 4 atom stereocenters. The molecule has 0 aromatic heterocycles. The highest BCUT2D eigenvalue weighted by atomic mass is 35.5. The highest BCUT2D eigenvalue weighted by molar-refractivity contribution is 6.32. The van der Waals surface area contributed by atoms with Crippen LogP contribution in [0, 0.1) is 17.8 Å². The van der Waals surface area contributed by atoms with Gasteiger partial charge in [-0.2, -0.15) is 0 Å². The van der Waals surface area contributed by atoms with Crippen LogP contribution >= 0.6 is 11.6 Å². The highest BCUT2D eigenvalue weighted by Gasteiger charge is 2.64. The number of likely N-dealkylation sites (N-methyl/N-ethyl adjacent to an activating group) is 1. The van der Waals surface area contributed by atoms with Crippen molar-refractivity contribution < 1.29 is 34.8 Å². The first-order valence-electron chi connectivity index (χ1n) is 12.6. The standard InChI is InChI=1S/C27H34ClN3O7/c1-11(2)5-6-30-10-13-9-16(32)18-14(20(13)28)7-12-8-15-21(31(3)4)23(34)19(26(29)37)25(36)27(15,38)24(35)17(12)22(18)33/h9,11-12,15,21,30,32-33,36,38H,5-8,10H2,1-4H3,(H2,29,37)/t12-,15-,21-,27-/m0/s1. The van der Waals surface area contributed by atoms with Crippen LogP contribution in [0.15, 0.2) is 23.0 Å². The molecule has 7 N–H and O–H groups in total. The third-order valence-electron chi connectivity index (χ3n) is 7.94. The zero-order valence-electron chi connectivity index (χ0n) is 21.8. The second kappa shape index (κ2) is 10.00. The first-order chi connectivity index (χ1) is 17.7. The molecule has 10 nitrogen and oxygen atoms in total. The van der Waals surface area contributed by atoms with Gasteiger partial charge in [-0.15, -0.1) is 0 Å². The van der Waals surface area contributed by atoms with Crippen molar-refractivity contribution in [3.05, 3.63) is 44.7 Å². The maximum Gasteiger partial charge on any atom is 0.255 e. The molecule has 0 spiro atoms. The Hall–Kier alpha value is -2.92. The van der Waals surface area contributed by atoms with Crippen molar-refractivity contribution in [2.45, 2.75) is 51.3 Å². The van der Waals surface area contributed by atoms with Gasteiger partial charge in [0, 0.05) is 23.1 Å². The van der Waals surface area contributed by atoms with Crippen LogP contribution in [-0.4, -0.2) is 75.1 Å². The number of nitrogens with zero attached hydrogens (tertiary/aromatic N) is 1. The Morgan fingerprint density at radius 1 is 1.26 bits per heavy atom. The van der Waals surface area contributed by atoms with Crippen LogP contribution in [0.25, 0.3) is 5.76 Å². The number of aliphatic hydroxyl groups excluding tert-OH is 2. The zero-order valence-corrected chi connectivity index (χ0v) is 22.6. The third-order valence-corrected chi connectivity index (χ3v) is 8.41. The van der Waals surface area contributed by atoms with Crippen molar-refractivity contribution in [1.29, 1.82) is 0 Å². The summed E-state index contributed by atoms with van der Waals surface area (Å²) in [6, 6.07) is 0.294. The molecule has 0 radical (unpaired) electrons. The minimum Gasteiger partial charge on any atom is -0.508 e. The second-order valence-electron chi connectivity index (χ2n) is 11.0. The quantitative estimate of drug-likeness (QED) is 0.219. The lowest BCUT2D eigenvalue weighted by molar-refractivity contribution is -0.153. The number of halogens is 1. The molecule has 1 fully saturated rings. The Kier molecular flexibility index (Phi) is 7.39. The van der Waals surface area contributed by atoms with Crippen LogP contribution in [0.2, 0.25) is 5.02 Å². The van der Waals surface area contributed by atoms with Crippen LogP contribution in [0.4, 0.5) is 0 Å². The number of primary amides is 1. The number of hydrogen-bond acceptors (Lipinski definition) is 9. The maximum atomic E-state index is 13.8. The van der Waals surface area contributed by atoms with E-state index in [1.807, 2.05) is 0 Å². The SMILES string of the molecule is CC(C)CCNCc1cc(O)c2c(c1Cl)C[C@H]1C[C@H]3[C@H](N(C)C)C(=O)C(C(N)=O)=C(O)[C@@]3(O)C(=O)C1=C2O. The lowest BCUT2D eigenvalue weighted by Gasteiger charge is -2.50. The molecular weight excluding hydrogens is 514 g/mol. The van der Waals surface area contributed by atoms with Gasteiger partial charge in [0.15, 0.2) is 11.4 Å². The molecule has 0 bridgehead atoms. The van der Waals surface area contributed by atoms with E-state index >= 15 is 0 Å². The lowest BCUT2D eigenvalue weighted by Crippen LogP contribution is -2.65. The number of rotatable bonds is 7. The van der Waals surface area contributed by atoms with E-state index in [4.69, 9.17) is 17.3 Å². The Labute approximate surface area is 225 Å². The number of hydrogen-bond donors (Lipinski definition) is 6. The molecule has 0 saturated heterocycles. The van der Waals surface area contributed by atoms with Crippen molar-refractivity contribution in [2.24, 2.45) is 23.5 Å². The number of carbonyl (C=O) groups is 3. The predicted octanol–water partition coefficient (Wildman–Crippen LogP) is 1.75. The Bertz CT molecular complexity index is 1290. The fraction of sp³-hybridized carbons (Fsp3) is 0.519. The van der Waals surface area contributed by atoms with Crippen molar-refractivity contribution in [3.8, 4) is 5.75 Å². The summed E-state index contributed by atoms with van der Waals surface area (Å²) in [5, 5.41) is 48.2. The minimum absolute atomic E-state index is 0.0136. The molecule has 11 heteroatoms. The smallest absolute Gasteiger partial charge is 0.255 e. The van der Waals surface area contributed by atoms with Crippen molar-refractivity contribution >= 4 is 34.8 Å². The Morgan fingerprint density at radius 2 is 1.92 bits per heavy atom. The summed E-state index contributed by atoms with van der Waals surface area (Å²) < 4.78 is 0. The van der Waals surface area contributed by atoms with Crippen molar-refractivity contribution in [2.75, 3.05) is 20.6 Å². The normalized spacial score (nSPS) is 27.1. The number of ketones is 2. The molecule has 0 unspecified atom stereocenters. The number of fused-ring (bicyclic) bond motifs is 3. The molecule has 1 aromatic rings. The molecule has 4 rings (SSSR count). The average Bonchev–Trinajstić information content (AvgIpc) is 2.81. The van der Waals surface area contributed by atoms with Gasteiger partial charge in [-0.1, -0.05) is 25.4 Å². The van der Waals surface area contributed by atoms with Crippen molar-refractivity contribution in [1.82, 2.24) is 10.2 Å². The van der Waals surface area contributed by atoms with Gasteiger partial charge in [-0.3, -0.25) is 19.3 Å². The average molecular weight is 548 g/mol. The van der Waals surface area contributed by atoms with Gasteiger partial charge in [-0.05, 0) is 68.9 Å². The highest BCUT2D eigenvalue weighted by Crippen LogP contribution is 2.53. The van der Waals surface area contributed by atoms with E-state index in [1.165, 1.54) is 11.0 Å². The largest absolute Gasteiger partial charge is 0.508 e. The molecule has 3 aliphatic rings. The van der Waals surface area contributed by atoms with E-state index in [1.54, 1.807) is 14.1 Å². The summed E-state index contributed by atoms with van der Waals surface area (Å²) in [5.41, 5.74) is 2.70. The van der Waals surface area contributed by atoms with Gasteiger partial charge < -0.3 is 31.5 Å². The number of aromatic hydroxyl groups is 1. The topological polar surface area (TPSA) is 173 Å². The minimum atomic E-state index is -2.66. The summed E-state index contributed by atoms with van der Waals surface area (Å²) in [6.45, 7) is 5.37. The first kappa shape index (κ1) is 28.1. The number of nitrogens with two attached hydrogens (primary N) is 1. The van der Waals surface area contributed by atoms with Crippen LogP contribution < -0.4 is 11.1 Å². The summed E-state index contributed by atoms with van der Waals surface area (Å²) in [6.07, 6.45) is 1.13. The number of aliphatic hydroxyl groups is 3. The fourth-order valence-electron chi connectivity index (χ4n) is 6.09. The Morgan fingerprint density at radius 3 is 2.50 bits per heavy atom. The fourth-order valence-corrected chi connectivity index (χ4v) is 6.38. The predicted molar refractivity (Wildman–Crippen MR) is 140 cm³/mol. The first-order valence-corrected chi connectivity index (χ1v) is 13.0. The molecule has 1 aromatic carbocycles. The van der Waals surface area contributed by atoms with Gasteiger partial charge >= 0.3 is 0 Å². The molecule has 1 saturated carbocycles. The number of nitrogens with one attached hydrogen (secondary N) is 1. The zero-order chi connectivity index (χ0) is 28.3. The molecule has 0 heterocycles. The monoisotopic (exact) mass is 547 g/mol. The van der Waals surface area contributed by atoms with E-state index in [9.17, 15) is 34.8 Å². The second-order valence-corrected chi connectivity index (χ2v) is 11.4. The Balaban J connectivity index is 1.82. The number of amides is 1. The van der Waals surface area contributed by atoms with Gasteiger partial charge in [-0.25, -0.2) is 0 Å². The van der Waals surface area contributed by atoms with E-state index in [0.717, 1.165) is 13.0 Å². The van der Waals surface area contributed by atoms with E-state index in [0.29, 0.717) is 28.6 Å². The number of benzene rings is 1. The van der Waals surface area contributed by atoms with Crippen LogP contribution in [0.5, 0.6) is 5.75 Å². The van der Waals surface area contributed by atoms with Crippen molar-refractivity contribution in [3.63, 3.8) is 0 Å². The molecular formula is C27H34ClN3O7. The number of carbonyl (C=O) groups excluding carboxylic acids is 3. The number of phenolic OH excluding ortho intramolecular Hbond substituents is 1. The van der Waals surface area contributed by atoms with Crippen LogP contribution in [-0.2, 0) is 27.3 Å². The lowest BCUT2D eigenvalue weighted by atomic mass is 9.57. The van der Waals surface area contributed by atoms with Crippen LogP contribution in [0.1, 0.15) is 43.4 Å². The van der Waals surface area contributed by atoms with Crippen LogP contribution in [0.3, 0.4) is 0 Å². The number of phenols is 1. The molecule has 0 aliphatic heterocycles.